The quantitative estimate of drug-likeness (QED) is 0.412. The molecule has 3 aromatic carbocycles. The normalized spacial score (nSPS) is 13.4. The highest BCUT2D eigenvalue weighted by Crippen LogP contribution is 2.26. The van der Waals surface area contributed by atoms with Gasteiger partial charge in [0.1, 0.15) is 4.90 Å². The summed E-state index contributed by atoms with van der Waals surface area (Å²) in [6.07, 6.45) is 0. The minimum absolute atomic E-state index is 0.127. The minimum Gasteiger partial charge on any atom is -0.452 e. The zero-order valence-corrected chi connectivity index (χ0v) is 18.8. The van der Waals surface area contributed by atoms with Crippen molar-refractivity contribution < 1.29 is 27.5 Å². The first-order valence-corrected chi connectivity index (χ1v) is 11.6. The van der Waals surface area contributed by atoms with Crippen LogP contribution >= 0.6 is 0 Å². The number of Topliss-reactive ketones (excluding diaryl/α,β-unsaturated/α-hetero) is 1. The van der Waals surface area contributed by atoms with Gasteiger partial charge in [0, 0.05) is 16.8 Å². The van der Waals surface area contributed by atoms with Crippen molar-refractivity contribution in [3.05, 3.63) is 89.5 Å². The molecule has 0 aromatic heterocycles. The van der Waals surface area contributed by atoms with Gasteiger partial charge in [-0.25, -0.2) is 4.79 Å². The first-order valence-electron chi connectivity index (χ1n) is 10.1. The zero-order chi connectivity index (χ0) is 24.3. The minimum atomic E-state index is -3.75. The van der Waals surface area contributed by atoms with Crippen LogP contribution in [0.1, 0.15) is 33.2 Å². The summed E-state index contributed by atoms with van der Waals surface area (Å²) in [5, 5.41) is 5.49. The maximum Gasteiger partial charge on any atom is 0.338 e. The van der Waals surface area contributed by atoms with Crippen LogP contribution in [0.15, 0.2) is 82.1 Å². The van der Waals surface area contributed by atoms with Crippen LogP contribution in [0.2, 0.25) is 0 Å². The van der Waals surface area contributed by atoms with Crippen molar-refractivity contribution in [3.63, 3.8) is 0 Å². The van der Waals surface area contributed by atoms with Gasteiger partial charge in [0.05, 0.1) is 11.3 Å². The topological polar surface area (TPSA) is 131 Å². The Labute approximate surface area is 195 Å². The second-order valence-electron chi connectivity index (χ2n) is 7.34. The van der Waals surface area contributed by atoms with Gasteiger partial charge in [-0.3, -0.25) is 9.59 Å². The number of anilines is 2. The van der Waals surface area contributed by atoms with Crippen molar-refractivity contribution in [2.75, 3.05) is 17.2 Å². The molecule has 0 bridgehead atoms. The van der Waals surface area contributed by atoms with Crippen LogP contribution in [0.4, 0.5) is 11.4 Å². The average Bonchev–Trinajstić information content (AvgIpc) is 3.08. The summed E-state index contributed by atoms with van der Waals surface area (Å²) in [7, 11) is -3.75. The van der Waals surface area contributed by atoms with E-state index in [4.69, 9.17) is 4.74 Å². The fraction of sp³-hybridized carbons (Fsp3) is 0.0833. The Morgan fingerprint density at radius 2 is 1.59 bits per heavy atom. The first-order chi connectivity index (χ1) is 16.2. The average molecular weight is 477 g/mol. The zero-order valence-electron chi connectivity index (χ0n) is 17.9. The Kier molecular flexibility index (Phi) is 6.24. The third-order valence-electron chi connectivity index (χ3n) is 4.93. The molecule has 0 aliphatic carbocycles. The molecule has 34 heavy (non-hydrogen) atoms. The van der Waals surface area contributed by atoms with Gasteiger partial charge in [0.15, 0.2) is 18.2 Å². The van der Waals surface area contributed by atoms with Crippen molar-refractivity contribution in [2.24, 2.45) is 4.40 Å². The number of ketones is 1. The lowest BCUT2D eigenvalue weighted by Crippen LogP contribution is -2.22. The lowest BCUT2D eigenvalue weighted by Gasteiger charge is -2.10. The molecule has 1 amide bonds. The van der Waals surface area contributed by atoms with Gasteiger partial charge in [-0.2, -0.15) is 8.42 Å². The predicted molar refractivity (Wildman–Crippen MR) is 126 cm³/mol. The van der Waals surface area contributed by atoms with E-state index in [2.05, 4.69) is 15.0 Å². The lowest BCUT2D eigenvalue weighted by atomic mass is 10.1. The molecule has 172 valence electrons. The molecule has 0 spiro atoms. The van der Waals surface area contributed by atoms with Crippen LogP contribution in [0, 0.1) is 0 Å². The van der Waals surface area contributed by atoms with Crippen LogP contribution in [0.3, 0.4) is 0 Å². The standard InChI is InChI=1S/C24H19N3O6S/c1-15(28)18-6-2-4-8-20(18)26-22(29)14-33-24(30)16-10-12-17(13-11-16)25-23-19-7-3-5-9-21(19)34(31,32)27-23/h2-13H,14H2,1H3,(H,25,27)(H,26,29). The Bertz CT molecular complexity index is 1430. The first kappa shape index (κ1) is 22.9. The SMILES string of the molecule is CC(=O)c1ccccc1NC(=O)COC(=O)c1ccc(NC2=NS(=O)(=O)c3ccccc32)cc1. The second kappa shape index (κ2) is 9.28. The van der Waals surface area contributed by atoms with Gasteiger partial charge in [-0.15, -0.1) is 4.40 Å². The molecule has 10 heteroatoms. The van der Waals surface area contributed by atoms with Gasteiger partial charge in [0.2, 0.25) is 0 Å². The predicted octanol–water partition coefficient (Wildman–Crippen LogP) is 3.25. The number of carbonyl (C=O) groups is 3. The van der Waals surface area contributed by atoms with E-state index in [-0.39, 0.29) is 22.1 Å². The molecule has 0 saturated heterocycles. The number of amides is 1. The smallest absolute Gasteiger partial charge is 0.338 e. The Balaban J connectivity index is 1.36. The molecule has 0 atom stereocenters. The molecule has 0 fully saturated rings. The number of esters is 1. The third-order valence-corrected chi connectivity index (χ3v) is 6.26. The molecule has 1 aliphatic rings. The van der Waals surface area contributed by atoms with E-state index in [1.54, 1.807) is 54.6 Å². The fourth-order valence-corrected chi connectivity index (χ4v) is 4.50. The van der Waals surface area contributed by atoms with Crippen LogP contribution in [0.25, 0.3) is 0 Å². The number of hydrogen-bond acceptors (Lipinski definition) is 7. The molecule has 0 saturated carbocycles. The Morgan fingerprint density at radius 3 is 2.32 bits per heavy atom. The molecule has 0 unspecified atom stereocenters. The molecule has 0 radical (unpaired) electrons. The Morgan fingerprint density at radius 1 is 0.912 bits per heavy atom. The maximum atomic E-state index is 12.3. The third kappa shape index (κ3) is 4.86. The molecule has 1 heterocycles. The molecule has 1 aliphatic heterocycles. The van der Waals surface area contributed by atoms with E-state index >= 15 is 0 Å². The van der Waals surface area contributed by atoms with E-state index in [0.717, 1.165) is 0 Å². The van der Waals surface area contributed by atoms with E-state index in [1.807, 2.05) is 0 Å². The maximum absolute atomic E-state index is 12.3. The highest BCUT2D eigenvalue weighted by Gasteiger charge is 2.28. The highest BCUT2D eigenvalue weighted by molar-refractivity contribution is 7.90. The summed E-state index contributed by atoms with van der Waals surface area (Å²) in [6.45, 7) is 0.858. The molecule has 9 nitrogen and oxygen atoms in total. The number of amidine groups is 1. The van der Waals surface area contributed by atoms with Crippen molar-refractivity contribution in [1.29, 1.82) is 0 Å². The van der Waals surface area contributed by atoms with Crippen molar-refractivity contribution in [3.8, 4) is 0 Å². The van der Waals surface area contributed by atoms with E-state index in [9.17, 15) is 22.8 Å². The highest BCUT2D eigenvalue weighted by atomic mass is 32.2. The summed E-state index contributed by atoms with van der Waals surface area (Å²) in [5.74, 6) is -1.31. The number of ether oxygens (including phenoxy) is 1. The summed E-state index contributed by atoms with van der Waals surface area (Å²) in [5.41, 5.74) is 1.87. The molecule has 4 rings (SSSR count). The van der Waals surface area contributed by atoms with Crippen molar-refractivity contribution in [1.82, 2.24) is 0 Å². The van der Waals surface area contributed by atoms with Gasteiger partial charge >= 0.3 is 5.97 Å². The van der Waals surface area contributed by atoms with Gasteiger partial charge in [0.25, 0.3) is 15.9 Å². The van der Waals surface area contributed by atoms with Crippen molar-refractivity contribution >= 4 is 44.9 Å². The van der Waals surface area contributed by atoms with Crippen LogP contribution < -0.4 is 10.6 Å². The van der Waals surface area contributed by atoms with Gasteiger partial charge < -0.3 is 15.4 Å². The monoisotopic (exact) mass is 477 g/mol. The second-order valence-corrected chi connectivity index (χ2v) is 8.91. The number of hydrogen-bond donors (Lipinski definition) is 2. The Hall–Kier alpha value is -4.31. The molecule has 2 N–H and O–H groups in total. The molecular formula is C24H19N3O6S. The number of sulfonamides is 1. The van der Waals surface area contributed by atoms with Gasteiger partial charge in [-0.1, -0.05) is 24.3 Å². The fourth-order valence-electron chi connectivity index (χ4n) is 3.32. The van der Waals surface area contributed by atoms with Gasteiger partial charge in [-0.05, 0) is 55.5 Å². The number of para-hydroxylation sites is 1. The summed E-state index contributed by atoms with van der Waals surface area (Å²) >= 11 is 0. The number of nitrogens with one attached hydrogen (secondary N) is 2. The lowest BCUT2D eigenvalue weighted by molar-refractivity contribution is -0.119. The largest absolute Gasteiger partial charge is 0.452 e. The molecular weight excluding hydrogens is 458 g/mol. The van der Waals surface area contributed by atoms with E-state index in [0.29, 0.717) is 22.5 Å². The summed E-state index contributed by atoms with van der Waals surface area (Å²) in [4.78, 5) is 36.2. The number of fused-ring (bicyclic) bond motifs is 1. The van der Waals surface area contributed by atoms with E-state index < -0.39 is 28.5 Å². The summed E-state index contributed by atoms with van der Waals surface area (Å²) < 4.78 is 33.1. The summed E-state index contributed by atoms with van der Waals surface area (Å²) in [6, 6.07) is 19.1. The van der Waals surface area contributed by atoms with Crippen LogP contribution in [0.5, 0.6) is 0 Å². The number of nitrogens with zero attached hydrogens (tertiary/aromatic N) is 1. The van der Waals surface area contributed by atoms with Crippen LogP contribution in [-0.4, -0.2) is 38.5 Å². The number of benzene rings is 3. The van der Waals surface area contributed by atoms with E-state index in [1.165, 1.54) is 25.1 Å². The molecule has 3 aromatic rings. The number of rotatable bonds is 6. The van der Waals surface area contributed by atoms with Crippen LogP contribution in [-0.2, 0) is 19.6 Å². The van der Waals surface area contributed by atoms with Crippen molar-refractivity contribution in [2.45, 2.75) is 11.8 Å². The number of carbonyl (C=O) groups excluding carboxylic acids is 3.